The van der Waals surface area contributed by atoms with Gasteiger partial charge >= 0.3 is 0 Å². The second-order valence-electron chi connectivity index (χ2n) is 4.20. The first-order valence-corrected chi connectivity index (χ1v) is 7.04. The Balaban J connectivity index is 1.69. The molecule has 3 aromatic rings. The number of benzene rings is 1. The van der Waals surface area contributed by atoms with E-state index in [1.807, 2.05) is 11.4 Å². The number of aromatic nitrogens is 3. The van der Waals surface area contributed by atoms with Gasteiger partial charge in [-0.25, -0.2) is 4.98 Å². The Kier molecular flexibility index (Phi) is 3.61. The van der Waals surface area contributed by atoms with E-state index in [1.54, 1.807) is 29.9 Å². The molecule has 0 radical (unpaired) electrons. The zero-order chi connectivity index (χ0) is 12.9. The molecule has 0 bridgehead atoms. The highest BCUT2D eigenvalue weighted by Crippen LogP contribution is 2.20. The van der Waals surface area contributed by atoms with Crippen LogP contribution in [0, 0.1) is 0 Å². The monoisotopic (exact) mass is 267 g/mol. The Bertz CT molecular complexity index is 635. The molecule has 94 valence electrons. The van der Waals surface area contributed by atoms with Gasteiger partial charge < -0.3 is 0 Å². The quantitative estimate of drug-likeness (QED) is 0.727. The molecule has 1 aromatic carbocycles. The topological polar surface area (TPSA) is 38.7 Å². The summed E-state index contributed by atoms with van der Waals surface area (Å²) in [6, 6.07) is 10.5. The summed E-state index contributed by atoms with van der Waals surface area (Å²) in [6.07, 6.45) is 7.10. The lowest BCUT2D eigenvalue weighted by Gasteiger charge is -1.98. The molecule has 2 heterocycles. The van der Waals surface area contributed by atoms with Crippen molar-refractivity contribution in [3.8, 4) is 11.4 Å². The largest absolute Gasteiger partial charge is 0.261 e. The van der Waals surface area contributed by atoms with E-state index in [2.05, 4.69) is 39.2 Å². The highest BCUT2D eigenvalue weighted by Gasteiger charge is 2.05. The van der Waals surface area contributed by atoms with Crippen molar-refractivity contribution >= 4 is 11.3 Å². The SMILES string of the molecule is c1ccc(CCc2nc(-c3cnccn3)cs2)cc1. The molecule has 0 saturated carbocycles. The van der Waals surface area contributed by atoms with Gasteiger partial charge in [0.05, 0.1) is 11.2 Å². The fourth-order valence-electron chi connectivity index (χ4n) is 1.87. The van der Waals surface area contributed by atoms with Crippen LogP contribution >= 0.6 is 11.3 Å². The van der Waals surface area contributed by atoms with Gasteiger partial charge in [0, 0.05) is 24.2 Å². The minimum atomic E-state index is 0.838. The van der Waals surface area contributed by atoms with Crippen molar-refractivity contribution in [1.29, 1.82) is 0 Å². The van der Waals surface area contributed by atoms with Gasteiger partial charge in [0.25, 0.3) is 0 Å². The van der Waals surface area contributed by atoms with Crippen molar-refractivity contribution in [2.24, 2.45) is 0 Å². The van der Waals surface area contributed by atoms with Crippen LogP contribution < -0.4 is 0 Å². The summed E-state index contributed by atoms with van der Waals surface area (Å²) in [5.74, 6) is 0. The summed E-state index contributed by atoms with van der Waals surface area (Å²) in [4.78, 5) is 12.9. The van der Waals surface area contributed by atoms with Crippen LogP contribution in [0.1, 0.15) is 10.6 Å². The fourth-order valence-corrected chi connectivity index (χ4v) is 2.66. The van der Waals surface area contributed by atoms with Crippen molar-refractivity contribution in [3.05, 3.63) is 64.9 Å². The molecule has 0 atom stereocenters. The first-order chi connectivity index (χ1) is 9.42. The smallest absolute Gasteiger partial charge is 0.108 e. The third-order valence-corrected chi connectivity index (χ3v) is 3.76. The molecular weight excluding hydrogens is 254 g/mol. The van der Waals surface area contributed by atoms with Gasteiger partial charge in [0.1, 0.15) is 11.4 Å². The first kappa shape index (κ1) is 12.0. The van der Waals surface area contributed by atoms with E-state index < -0.39 is 0 Å². The zero-order valence-electron chi connectivity index (χ0n) is 10.4. The summed E-state index contributed by atoms with van der Waals surface area (Å²) in [5, 5.41) is 3.19. The molecule has 3 nitrogen and oxygen atoms in total. The van der Waals surface area contributed by atoms with Crippen LogP contribution in [0.3, 0.4) is 0 Å². The predicted molar refractivity (Wildman–Crippen MR) is 77.0 cm³/mol. The van der Waals surface area contributed by atoms with Crippen LogP contribution in [0.15, 0.2) is 54.3 Å². The van der Waals surface area contributed by atoms with Gasteiger partial charge in [0.2, 0.25) is 0 Å². The van der Waals surface area contributed by atoms with Crippen LogP contribution in [0.2, 0.25) is 0 Å². The van der Waals surface area contributed by atoms with Gasteiger partial charge in [-0.05, 0) is 12.0 Å². The predicted octanol–water partition coefficient (Wildman–Crippen LogP) is 3.39. The minimum absolute atomic E-state index is 0.838. The lowest BCUT2D eigenvalue weighted by atomic mass is 10.1. The van der Waals surface area contributed by atoms with Crippen molar-refractivity contribution in [2.45, 2.75) is 12.8 Å². The second kappa shape index (κ2) is 5.71. The molecule has 0 unspecified atom stereocenters. The molecular formula is C15H13N3S. The van der Waals surface area contributed by atoms with Gasteiger partial charge in [-0.3, -0.25) is 9.97 Å². The van der Waals surface area contributed by atoms with E-state index in [0.717, 1.165) is 29.2 Å². The van der Waals surface area contributed by atoms with Crippen molar-refractivity contribution in [3.63, 3.8) is 0 Å². The van der Waals surface area contributed by atoms with Gasteiger partial charge in [-0.2, -0.15) is 0 Å². The van der Waals surface area contributed by atoms with Crippen molar-refractivity contribution < 1.29 is 0 Å². The van der Waals surface area contributed by atoms with Gasteiger partial charge in [0.15, 0.2) is 0 Å². The minimum Gasteiger partial charge on any atom is -0.261 e. The van der Waals surface area contributed by atoms with Crippen LogP contribution in [-0.2, 0) is 12.8 Å². The number of nitrogens with zero attached hydrogens (tertiary/aromatic N) is 3. The summed E-state index contributed by atoms with van der Waals surface area (Å²) < 4.78 is 0. The Labute approximate surface area is 116 Å². The molecule has 2 aromatic heterocycles. The average Bonchev–Trinajstić information content (AvgIpc) is 2.96. The van der Waals surface area contributed by atoms with Crippen LogP contribution in [0.5, 0.6) is 0 Å². The average molecular weight is 267 g/mol. The Morgan fingerprint density at radius 1 is 0.947 bits per heavy atom. The normalized spacial score (nSPS) is 10.5. The van der Waals surface area contributed by atoms with Crippen molar-refractivity contribution in [1.82, 2.24) is 15.0 Å². The van der Waals surface area contributed by atoms with E-state index in [1.165, 1.54) is 5.56 Å². The van der Waals surface area contributed by atoms with E-state index in [0.29, 0.717) is 0 Å². The number of aryl methyl sites for hydroxylation is 2. The van der Waals surface area contributed by atoms with E-state index in [4.69, 9.17) is 0 Å². The molecule has 0 fully saturated rings. The standard InChI is InChI=1S/C15H13N3S/c1-2-4-12(5-3-1)6-7-15-18-14(11-19-15)13-10-16-8-9-17-13/h1-5,8-11H,6-7H2. The van der Waals surface area contributed by atoms with Gasteiger partial charge in [-0.1, -0.05) is 30.3 Å². The molecule has 0 saturated heterocycles. The van der Waals surface area contributed by atoms with E-state index >= 15 is 0 Å². The highest BCUT2D eigenvalue weighted by molar-refractivity contribution is 7.09. The third kappa shape index (κ3) is 3.03. The molecule has 0 amide bonds. The molecule has 0 aliphatic heterocycles. The molecule has 3 rings (SSSR count). The van der Waals surface area contributed by atoms with E-state index in [9.17, 15) is 0 Å². The molecule has 19 heavy (non-hydrogen) atoms. The van der Waals surface area contributed by atoms with E-state index in [-0.39, 0.29) is 0 Å². The summed E-state index contributed by atoms with van der Waals surface area (Å²) in [5.41, 5.74) is 3.10. The number of hydrogen-bond acceptors (Lipinski definition) is 4. The lowest BCUT2D eigenvalue weighted by Crippen LogP contribution is -1.91. The number of thiazole rings is 1. The van der Waals surface area contributed by atoms with Gasteiger partial charge in [-0.15, -0.1) is 11.3 Å². The summed E-state index contributed by atoms with van der Waals surface area (Å²) in [6.45, 7) is 0. The molecule has 0 spiro atoms. The number of rotatable bonds is 4. The molecule has 0 aliphatic carbocycles. The van der Waals surface area contributed by atoms with Crippen LogP contribution in [0.4, 0.5) is 0 Å². The Hall–Kier alpha value is -2.07. The summed E-state index contributed by atoms with van der Waals surface area (Å²) in [7, 11) is 0. The summed E-state index contributed by atoms with van der Waals surface area (Å²) >= 11 is 1.68. The van der Waals surface area contributed by atoms with Crippen LogP contribution in [0.25, 0.3) is 11.4 Å². The fraction of sp³-hybridized carbons (Fsp3) is 0.133. The zero-order valence-corrected chi connectivity index (χ0v) is 11.2. The maximum absolute atomic E-state index is 4.61. The maximum atomic E-state index is 4.61. The maximum Gasteiger partial charge on any atom is 0.108 e. The molecule has 0 aliphatic rings. The second-order valence-corrected chi connectivity index (χ2v) is 5.15. The number of hydrogen-bond donors (Lipinski definition) is 0. The van der Waals surface area contributed by atoms with Crippen LogP contribution in [-0.4, -0.2) is 15.0 Å². The third-order valence-electron chi connectivity index (χ3n) is 2.85. The molecule has 4 heteroatoms. The highest BCUT2D eigenvalue weighted by atomic mass is 32.1. The molecule has 0 N–H and O–H groups in total. The Morgan fingerprint density at radius 2 is 1.84 bits per heavy atom. The Morgan fingerprint density at radius 3 is 2.63 bits per heavy atom. The lowest BCUT2D eigenvalue weighted by molar-refractivity contribution is 0.944. The van der Waals surface area contributed by atoms with Crippen molar-refractivity contribution in [2.75, 3.05) is 0 Å². The first-order valence-electron chi connectivity index (χ1n) is 6.16.